The third-order valence-corrected chi connectivity index (χ3v) is 4.16. The lowest BCUT2D eigenvalue weighted by atomic mass is 10.1. The quantitative estimate of drug-likeness (QED) is 0.913. The molecule has 0 radical (unpaired) electrons. The molecule has 2 aliphatic heterocycles. The van der Waals surface area contributed by atoms with E-state index in [-0.39, 0.29) is 12.4 Å². The Labute approximate surface area is 121 Å². The minimum atomic E-state index is 0. The standard InChI is InChI=1S/C15H22N2O.ClH/c1-17(14-4-7-16-11-14)8-5-12-2-3-15-13(10-12)6-9-18-15;/h2-3,10,14,16H,4-9,11H2,1H3;1H. The van der Waals surface area contributed by atoms with Crippen LogP contribution >= 0.6 is 12.4 Å². The molecule has 1 N–H and O–H groups in total. The summed E-state index contributed by atoms with van der Waals surface area (Å²) in [5.41, 5.74) is 2.83. The molecule has 3 nitrogen and oxygen atoms in total. The molecule has 2 heterocycles. The number of hydrogen-bond donors (Lipinski definition) is 1. The second-order valence-electron chi connectivity index (χ2n) is 5.42. The van der Waals surface area contributed by atoms with Crippen molar-refractivity contribution in [2.24, 2.45) is 0 Å². The number of rotatable bonds is 4. The van der Waals surface area contributed by atoms with Crippen molar-refractivity contribution in [3.05, 3.63) is 29.3 Å². The second kappa shape index (κ2) is 6.60. The van der Waals surface area contributed by atoms with Gasteiger partial charge >= 0.3 is 0 Å². The molecule has 3 rings (SSSR count). The van der Waals surface area contributed by atoms with Gasteiger partial charge in [0.05, 0.1) is 6.61 Å². The van der Waals surface area contributed by atoms with E-state index in [9.17, 15) is 0 Å². The summed E-state index contributed by atoms with van der Waals surface area (Å²) in [7, 11) is 2.24. The highest BCUT2D eigenvalue weighted by molar-refractivity contribution is 5.85. The van der Waals surface area contributed by atoms with Crippen LogP contribution in [0.25, 0.3) is 0 Å². The molecule has 1 aromatic rings. The maximum Gasteiger partial charge on any atom is 0.122 e. The number of halogens is 1. The number of fused-ring (bicyclic) bond motifs is 1. The Kier molecular flexibility index (Phi) is 5.08. The fourth-order valence-corrected chi connectivity index (χ4v) is 2.90. The highest BCUT2D eigenvalue weighted by atomic mass is 35.5. The van der Waals surface area contributed by atoms with Gasteiger partial charge in [0.25, 0.3) is 0 Å². The number of ether oxygens (including phenoxy) is 1. The molecular formula is C15H23ClN2O. The highest BCUT2D eigenvalue weighted by Crippen LogP contribution is 2.26. The molecule has 1 aromatic carbocycles. The van der Waals surface area contributed by atoms with Crippen molar-refractivity contribution in [3.63, 3.8) is 0 Å². The monoisotopic (exact) mass is 282 g/mol. The van der Waals surface area contributed by atoms with Gasteiger partial charge in [-0.15, -0.1) is 12.4 Å². The van der Waals surface area contributed by atoms with Crippen molar-refractivity contribution < 1.29 is 4.74 Å². The summed E-state index contributed by atoms with van der Waals surface area (Å²) in [6.45, 7) is 4.32. The molecule has 2 aliphatic rings. The van der Waals surface area contributed by atoms with E-state index < -0.39 is 0 Å². The van der Waals surface area contributed by atoms with Gasteiger partial charge in [0, 0.05) is 25.6 Å². The van der Waals surface area contributed by atoms with Crippen molar-refractivity contribution in [1.29, 1.82) is 0 Å². The van der Waals surface area contributed by atoms with Gasteiger partial charge in [0.2, 0.25) is 0 Å². The molecule has 0 saturated carbocycles. The lowest BCUT2D eigenvalue weighted by Crippen LogP contribution is -2.34. The van der Waals surface area contributed by atoms with E-state index >= 15 is 0 Å². The van der Waals surface area contributed by atoms with Crippen molar-refractivity contribution >= 4 is 12.4 Å². The zero-order valence-electron chi connectivity index (χ0n) is 11.5. The minimum Gasteiger partial charge on any atom is -0.493 e. The lowest BCUT2D eigenvalue weighted by molar-refractivity contribution is 0.260. The normalized spacial score (nSPS) is 21.1. The third kappa shape index (κ3) is 3.41. The van der Waals surface area contributed by atoms with Crippen LogP contribution in [0.3, 0.4) is 0 Å². The van der Waals surface area contributed by atoms with E-state index in [0.717, 1.165) is 44.3 Å². The van der Waals surface area contributed by atoms with Crippen molar-refractivity contribution in [1.82, 2.24) is 10.2 Å². The van der Waals surface area contributed by atoms with Crippen LogP contribution < -0.4 is 10.1 Å². The van der Waals surface area contributed by atoms with Gasteiger partial charge in [-0.1, -0.05) is 12.1 Å². The van der Waals surface area contributed by atoms with Gasteiger partial charge in [-0.25, -0.2) is 0 Å². The molecule has 4 heteroatoms. The first-order valence-corrected chi connectivity index (χ1v) is 6.98. The smallest absolute Gasteiger partial charge is 0.122 e. The predicted molar refractivity (Wildman–Crippen MR) is 80.5 cm³/mol. The summed E-state index contributed by atoms with van der Waals surface area (Å²) >= 11 is 0. The van der Waals surface area contributed by atoms with Gasteiger partial charge in [0.1, 0.15) is 5.75 Å². The average molecular weight is 283 g/mol. The molecule has 0 spiro atoms. The summed E-state index contributed by atoms with van der Waals surface area (Å²) in [5.74, 6) is 1.09. The van der Waals surface area contributed by atoms with Gasteiger partial charge in [-0.2, -0.15) is 0 Å². The van der Waals surface area contributed by atoms with Crippen LogP contribution in [0.15, 0.2) is 18.2 Å². The molecule has 0 aromatic heterocycles. The molecule has 0 bridgehead atoms. The number of benzene rings is 1. The summed E-state index contributed by atoms with van der Waals surface area (Å²) in [5, 5.41) is 3.43. The van der Waals surface area contributed by atoms with Crippen LogP contribution in [0.2, 0.25) is 0 Å². The zero-order chi connectivity index (χ0) is 12.4. The summed E-state index contributed by atoms with van der Waals surface area (Å²) in [6.07, 6.45) is 3.50. The number of nitrogens with zero attached hydrogens (tertiary/aromatic N) is 1. The Morgan fingerprint density at radius 3 is 3.11 bits per heavy atom. The number of nitrogens with one attached hydrogen (secondary N) is 1. The fourth-order valence-electron chi connectivity index (χ4n) is 2.90. The van der Waals surface area contributed by atoms with E-state index in [0.29, 0.717) is 0 Å². The molecule has 19 heavy (non-hydrogen) atoms. The Morgan fingerprint density at radius 2 is 2.32 bits per heavy atom. The Hall–Kier alpha value is -0.770. The molecule has 0 amide bonds. The summed E-state index contributed by atoms with van der Waals surface area (Å²) in [4.78, 5) is 2.49. The van der Waals surface area contributed by atoms with Crippen molar-refractivity contribution in [3.8, 4) is 5.75 Å². The topological polar surface area (TPSA) is 24.5 Å². The number of hydrogen-bond acceptors (Lipinski definition) is 3. The molecular weight excluding hydrogens is 260 g/mol. The first-order chi connectivity index (χ1) is 8.83. The van der Waals surface area contributed by atoms with Crippen LogP contribution in [0.4, 0.5) is 0 Å². The van der Waals surface area contributed by atoms with Crippen LogP contribution in [0, 0.1) is 0 Å². The fraction of sp³-hybridized carbons (Fsp3) is 0.600. The lowest BCUT2D eigenvalue weighted by Gasteiger charge is -2.23. The number of likely N-dealkylation sites (N-methyl/N-ethyl adjacent to an activating group) is 1. The first-order valence-electron chi connectivity index (χ1n) is 6.98. The maximum atomic E-state index is 5.54. The molecule has 1 unspecified atom stereocenters. The molecule has 0 aliphatic carbocycles. The molecule has 1 atom stereocenters. The average Bonchev–Trinajstić information content (AvgIpc) is 3.05. The third-order valence-electron chi connectivity index (χ3n) is 4.16. The van der Waals surface area contributed by atoms with E-state index in [1.165, 1.54) is 24.1 Å². The largest absolute Gasteiger partial charge is 0.493 e. The van der Waals surface area contributed by atoms with E-state index in [1.54, 1.807) is 0 Å². The Morgan fingerprint density at radius 1 is 1.42 bits per heavy atom. The molecule has 1 saturated heterocycles. The predicted octanol–water partition coefficient (Wildman–Crippen LogP) is 1.88. The van der Waals surface area contributed by atoms with Crippen LogP contribution in [0.1, 0.15) is 17.5 Å². The van der Waals surface area contributed by atoms with E-state index in [1.807, 2.05) is 0 Å². The van der Waals surface area contributed by atoms with E-state index in [4.69, 9.17) is 4.74 Å². The Bertz CT molecular complexity index is 419. The summed E-state index contributed by atoms with van der Waals surface area (Å²) in [6, 6.07) is 7.39. The first kappa shape index (κ1) is 14.6. The van der Waals surface area contributed by atoms with E-state index in [2.05, 4.69) is 35.5 Å². The van der Waals surface area contributed by atoms with Crippen LogP contribution in [-0.2, 0) is 12.8 Å². The van der Waals surface area contributed by atoms with Gasteiger partial charge in [0.15, 0.2) is 0 Å². The molecule has 106 valence electrons. The Balaban J connectivity index is 0.00000133. The van der Waals surface area contributed by atoms with Gasteiger partial charge in [-0.05, 0) is 43.6 Å². The molecule has 1 fully saturated rings. The van der Waals surface area contributed by atoms with Crippen LogP contribution in [-0.4, -0.2) is 44.2 Å². The van der Waals surface area contributed by atoms with Crippen molar-refractivity contribution in [2.75, 3.05) is 33.3 Å². The van der Waals surface area contributed by atoms with Crippen molar-refractivity contribution in [2.45, 2.75) is 25.3 Å². The van der Waals surface area contributed by atoms with Crippen LogP contribution in [0.5, 0.6) is 5.75 Å². The van der Waals surface area contributed by atoms with Gasteiger partial charge in [-0.3, -0.25) is 0 Å². The summed E-state index contributed by atoms with van der Waals surface area (Å²) < 4.78 is 5.54. The maximum absolute atomic E-state index is 5.54. The SMILES string of the molecule is CN(CCc1ccc2c(c1)CCO2)C1CCNC1.Cl. The second-order valence-corrected chi connectivity index (χ2v) is 5.42. The highest BCUT2D eigenvalue weighted by Gasteiger charge is 2.19. The van der Waals surface area contributed by atoms with Gasteiger partial charge < -0.3 is 15.0 Å². The zero-order valence-corrected chi connectivity index (χ0v) is 12.3. The minimum absolute atomic E-state index is 0.